The fraction of sp³-hybridized carbons (Fsp3) is 0.690. The van der Waals surface area contributed by atoms with Gasteiger partial charge in [0.15, 0.2) is 0 Å². The number of nitrogens with one attached hydrogen (secondary N) is 1. The first-order valence-corrected chi connectivity index (χ1v) is 13.8. The average Bonchev–Trinajstić information content (AvgIpc) is 3.16. The van der Waals surface area contributed by atoms with E-state index in [1.165, 1.54) is 93.9 Å². The molecule has 35 heavy (non-hydrogen) atoms. The van der Waals surface area contributed by atoms with Crippen LogP contribution in [0.3, 0.4) is 0 Å². The lowest BCUT2D eigenvalue weighted by molar-refractivity contribution is -0.384. The van der Waals surface area contributed by atoms with Gasteiger partial charge in [-0.3, -0.25) is 20.0 Å². The molecule has 0 spiro atoms. The van der Waals surface area contributed by atoms with Gasteiger partial charge in [-0.05, 0) is 25.0 Å². The van der Waals surface area contributed by atoms with E-state index in [4.69, 9.17) is 0 Å². The smallest absolute Gasteiger partial charge is 0.274 e. The van der Waals surface area contributed by atoms with Crippen molar-refractivity contribution in [3.63, 3.8) is 0 Å². The van der Waals surface area contributed by atoms with Gasteiger partial charge in [0.1, 0.15) is 0 Å². The van der Waals surface area contributed by atoms with Crippen molar-refractivity contribution in [1.82, 2.24) is 9.78 Å². The van der Waals surface area contributed by atoms with Gasteiger partial charge >= 0.3 is 0 Å². The molecule has 2 aromatic rings. The van der Waals surface area contributed by atoms with E-state index in [9.17, 15) is 14.9 Å². The Hall–Kier alpha value is -2.37. The fourth-order valence-electron chi connectivity index (χ4n) is 4.73. The van der Waals surface area contributed by atoms with Crippen molar-refractivity contribution in [2.75, 3.05) is 0 Å². The maximum atomic E-state index is 13.2. The number of hydrogen-bond donors (Lipinski definition) is 1. The SMILES string of the molecule is CCCCCCCCCCCCCCCCc1c(C(C)(C)C)[nH]n(-c2ccc([N+](=O)[O-])cc2)c1=O. The summed E-state index contributed by atoms with van der Waals surface area (Å²) in [5, 5.41) is 14.2. The van der Waals surface area contributed by atoms with Crippen molar-refractivity contribution in [1.29, 1.82) is 0 Å². The third-order valence-corrected chi connectivity index (χ3v) is 6.84. The Labute approximate surface area is 211 Å². The number of H-pyrrole nitrogens is 1. The second-order valence-corrected chi connectivity index (χ2v) is 11.0. The lowest BCUT2D eigenvalue weighted by atomic mass is 9.88. The van der Waals surface area contributed by atoms with Crippen LogP contribution in [0.5, 0.6) is 0 Å². The van der Waals surface area contributed by atoms with Crippen LogP contribution >= 0.6 is 0 Å². The lowest BCUT2D eigenvalue weighted by Crippen LogP contribution is -2.18. The van der Waals surface area contributed by atoms with Gasteiger partial charge in [-0.15, -0.1) is 0 Å². The molecule has 1 aromatic carbocycles. The quantitative estimate of drug-likeness (QED) is 0.139. The molecule has 6 nitrogen and oxygen atoms in total. The first kappa shape index (κ1) is 28.9. The Morgan fingerprint density at radius 2 is 1.26 bits per heavy atom. The molecule has 0 aliphatic carbocycles. The Morgan fingerprint density at radius 3 is 1.69 bits per heavy atom. The highest BCUT2D eigenvalue weighted by Gasteiger charge is 2.24. The van der Waals surface area contributed by atoms with Gasteiger partial charge in [-0.1, -0.05) is 111 Å². The van der Waals surface area contributed by atoms with Crippen molar-refractivity contribution >= 4 is 5.69 Å². The molecule has 0 radical (unpaired) electrons. The van der Waals surface area contributed by atoms with Gasteiger partial charge in [-0.2, -0.15) is 0 Å². The molecule has 0 saturated heterocycles. The minimum atomic E-state index is -0.428. The van der Waals surface area contributed by atoms with Crippen molar-refractivity contribution in [3.8, 4) is 5.69 Å². The van der Waals surface area contributed by atoms with Crippen LogP contribution in [0.1, 0.15) is 129 Å². The summed E-state index contributed by atoms with van der Waals surface area (Å²) in [6.07, 6.45) is 19.2. The summed E-state index contributed by atoms with van der Waals surface area (Å²) in [5.41, 5.74) is 2.21. The van der Waals surface area contributed by atoms with E-state index in [-0.39, 0.29) is 16.7 Å². The van der Waals surface area contributed by atoms with Crippen LogP contribution in [0.4, 0.5) is 5.69 Å². The molecule has 1 N–H and O–H groups in total. The molecule has 0 atom stereocenters. The topological polar surface area (TPSA) is 80.9 Å². The third kappa shape index (κ3) is 9.65. The normalized spacial score (nSPS) is 11.8. The molecule has 0 unspecified atom stereocenters. The van der Waals surface area contributed by atoms with Crippen LogP contribution < -0.4 is 5.56 Å². The number of aromatic nitrogens is 2. The van der Waals surface area contributed by atoms with E-state index in [1.54, 1.807) is 12.1 Å². The third-order valence-electron chi connectivity index (χ3n) is 6.84. The second kappa shape index (κ2) is 14.9. The van der Waals surface area contributed by atoms with Crippen molar-refractivity contribution in [2.24, 2.45) is 0 Å². The van der Waals surface area contributed by atoms with Crippen LogP contribution in [0.15, 0.2) is 29.1 Å². The van der Waals surface area contributed by atoms with E-state index < -0.39 is 4.92 Å². The number of nitro groups is 1. The number of hydrogen-bond acceptors (Lipinski definition) is 3. The van der Waals surface area contributed by atoms with E-state index in [2.05, 4.69) is 32.8 Å². The van der Waals surface area contributed by atoms with E-state index >= 15 is 0 Å². The zero-order valence-electron chi connectivity index (χ0n) is 22.5. The molecule has 0 bridgehead atoms. The largest absolute Gasteiger partial charge is 0.294 e. The molecule has 1 aromatic heterocycles. The second-order valence-electron chi connectivity index (χ2n) is 11.0. The van der Waals surface area contributed by atoms with Crippen LogP contribution in [0.25, 0.3) is 5.69 Å². The van der Waals surface area contributed by atoms with Gasteiger partial charge in [-0.25, -0.2) is 4.68 Å². The van der Waals surface area contributed by atoms with Gasteiger partial charge in [0.25, 0.3) is 11.2 Å². The summed E-state index contributed by atoms with van der Waals surface area (Å²) >= 11 is 0. The lowest BCUT2D eigenvalue weighted by Gasteiger charge is -2.18. The molecular weight excluding hydrogens is 438 g/mol. The standard InChI is InChI=1S/C29H47N3O3/c1-5-6-7-8-9-10-11-12-13-14-15-16-17-18-19-26-27(29(2,3)4)30-31(28(26)33)24-20-22-25(23-21-24)32(34)35/h20-23,30H,5-19H2,1-4H3. The number of benzene rings is 1. The summed E-state index contributed by atoms with van der Waals surface area (Å²) in [6.45, 7) is 8.58. The van der Waals surface area contributed by atoms with E-state index in [1.807, 2.05) is 0 Å². The molecule has 2 rings (SSSR count). The molecule has 0 aliphatic rings. The zero-order valence-corrected chi connectivity index (χ0v) is 22.5. The van der Waals surface area contributed by atoms with Gasteiger partial charge in [0.2, 0.25) is 0 Å². The van der Waals surface area contributed by atoms with Gasteiger partial charge in [0.05, 0.1) is 10.6 Å². The Balaban J connectivity index is 1.77. The van der Waals surface area contributed by atoms with Crippen molar-refractivity contribution in [2.45, 2.75) is 129 Å². The van der Waals surface area contributed by atoms with Crippen LogP contribution in [-0.2, 0) is 11.8 Å². The first-order valence-electron chi connectivity index (χ1n) is 13.8. The molecule has 196 valence electrons. The molecule has 6 heteroatoms. The number of non-ortho nitro benzene ring substituents is 1. The maximum Gasteiger partial charge on any atom is 0.274 e. The van der Waals surface area contributed by atoms with Gasteiger partial charge in [0, 0.05) is 28.8 Å². The average molecular weight is 486 g/mol. The molecule has 0 fully saturated rings. The number of unbranched alkanes of at least 4 members (excludes halogenated alkanes) is 13. The highest BCUT2D eigenvalue weighted by atomic mass is 16.6. The highest BCUT2D eigenvalue weighted by molar-refractivity contribution is 5.41. The Morgan fingerprint density at radius 1 is 0.800 bits per heavy atom. The molecule has 1 heterocycles. The van der Waals surface area contributed by atoms with E-state index in [0.29, 0.717) is 5.69 Å². The fourth-order valence-corrected chi connectivity index (χ4v) is 4.73. The van der Waals surface area contributed by atoms with Crippen LogP contribution in [0.2, 0.25) is 0 Å². The molecule has 0 amide bonds. The van der Waals surface area contributed by atoms with Crippen LogP contribution in [0, 0.1) is 10.1 Å². The van der Waals surface area contributed by atoms with Crippen molar-refractivity contribution < 1.29 is 4.92 Å². The first-order chi connectivity index (χ1) is 16.8. The van der Waals surface area contributed by atoms with Crippen molar-refractivity contribution in [3.05, 3.63) is 56.0 Å². The molecule has 0 saturated carbocycles. The minimum Gasteiger partial charge on any atom is -0.294 e. The Bertz CT molecular complexity index is 936. The summed E-state index contributed by atoms with van der Waals surface area (Å²) in [7, 11) is 0. The molecular formula is C29H47N3O3. The van der Waals surface area contributed by atoms with Gasteiger partial charge < -0.3 is 0 Å². The predicted octanol–water partition coefficient (Wildman–Crippen LogP) is 8.40. The maximum absolute atomic E-state index is 13.2. The number of nitro benzene ring substituents is 1. The Kier molecular flexibility index (Phi) is 12.3. The van der Waals surface area contributed by atoms with E-state index in [0.717, 1.165) is 30.5 Å². The minimum absolute atomic E-state index is 0.0204. The predicted molar refractivity (Wildman–Crippen MR) is 146 cm³/mol. The monoisotopic (exact) mass is 485 g/mol. The zero-order chi connectivity index (χ0) is 25.7. The summed E-state index contributed by atoms with van der Waals surface area (Å²) < 4.78 is 1.53. The number of nitrogens with zero attached hydrogens (tertiary/aromatic N) is 2. The number of rotatable bonds is 17. The summed E-state index contributed by atoms with van der Waals surface area (Å²) in [5.74, 6) is 0. The van der Waals surface area contributed by atoms with Crippen LogP contribution in [-0.4, -0.2) is 14.7 Å². The molecule has 0 aliphatic heterocycles. The summed E-state index contributed by atoms with van der Waals surface area (Å²) in [6, 6.07) is 6.12. The highest BCUT2D eigenvalue weighted by Crippen LogP contribution is 2.25. The number of aromatic amines is 1. The summed E-state index contributed by atoms with van der Waals surface area (Å²) in [4.78, 5) is 23.7.